The summed E-state index contributed by atoms with van der Waals surface area (Å²) in [6, 6.07) is 0.421. The fraction of sp³-hybridized carbons (Fsp3) is 0.793. The van der Waals surface area contributed by atoms with Crippen molar-refractivity contribution in [3.05, 3.63) is 23.8 Å². The lowest BCUT2D eigenvalue weighted by Gasteiger charge is -2.63. The van der Waals surface area contributed by atoms with Gasteiger partial charge >= 0.3 is 0 Å². The Hall–Kier alpha value is -1.44. The lowest BCUT2D eigenvalue weighted by atomic mass is 9.43. The van der Waals surface area contributed by atoms with Gasteiger partial charge in [0.05, 0.1) is 11.5 Å². The van der Waals surface area contributed by atoms with Gasteiger partial charge in [-0.05, 0) is 74.0 Å². The zero-order valence-corrected chi connectivity index (χ0v) is 21.4. The van der Waals surface area contributed by atoms with E-state index in [0.717, 1.165) is 19.4 Å². The molecule has 5 aliphatic carbocycles. The summed E-state index contributed by atoms with van der Waals surface area (Å²) >= 11 is 0. The zero-order chi connectivity index (χ0) is 25.7. The summed E-state index contributed by atoms with van der Waals surface area (Å²) in [5, 5.41) is 21.7. The number of nitrogens with zero attached hydrogens (tertiary/aromatic N) is 1. The smallest absolute Gasteiger partial charge is 0.178 e. The van der Waals surface area contributed by atoms with Gasteiger partial charge in [0.25, 0.3) is 0 Å². The highest BCUT2D eigenvalue weighted by Crippen LogP contribution is 2.74. The van der Waals surface area contributed by atoms with Gasteiger partial charge in [0.2, 0.25) is 0 Å². The van der Waals surface area contributed by atoms with E-state index in [9.17, 15) is 19.8 Å². The van der Waals surface area contributed by atoms with Crippen LogP contribution < -0.4 is 0 Å². The summed E-state index contributed by atoms with van der Waals surface area (Å²) < 4.78 is 33.1. The number of alkyl halides is 2. The molecule has 1 heterocycles. The standard InChI is InChI=1S/C29H39F2NO4/c1-26-9-8-19(34)11-22(26)23(30)12-21-20-10-17-14-32(18-6-4-3-5-7-18)16-28(17,25(36)15-33)27(20,2)13-24(35)29(21,26)31/h8-9,11,17-18,20-21,23-24,33,35H,3-7,10,12-16H2,1-2H3/t17-,20-,21-,23-,24-,26-,27-,28+,29-/m0/s1. The molecule has 0 aromatic rings. The second-order valence-corrected chi connectivity index (χ2v) is 13.1. The van der Waals surface area contributed by atoms with E-state index in [1.54, 1.807) is 6.92 Å². The summed E-state index contributed by atoms with van der Waals surface area (Å²) in [4.78, 5) is 28.1. The number of halogens is 2. The monoisotopic (exact) mass is 503 g/mol. The second kappa shape index (κ2) is 8.03. The number of rotatable bonds is 3. The van der Waals surface area contributed by atoms with Gasteiger partial charge in [0.15, 0.2) is 17.2 Å². The number of carbonyl (C=O) groups is 2. The molecule has 0 spiro atoms. The number of hydrogen-bond acceptors (Lipinski definition) is 5. The Morgan fingerprint density at radius 3 is 2.58 bits per heavy atom. The van der Waals surface area contributed by atoms with Crippen molar-refractivity contribution in [2.75, 3.05) is 19.7 Å². The van der Waals surface area contributed by atoms with Crippen LogP contribution in [0.4, 0.5) is 8.78 Å². The SMILES string of the molecule is C[C@]12C=CC(=O)C=C1[C@@H](F)C[C@H]1[C@@H]3C[C@H]4CN(C5CCCCC5)C[C@@]4(C(=O)CO)[C@@]3(C)C[C@H](O)[C@@]12F. The molecule has 1 aliphatic heterocycles. The summed E-state index contributed by atoms with van der Waals surface area (Å²) in [6.07, 6.45) is 7.49. The molecule has 198 valence electrons. The summed E-state index contributed by atoms with van der Waals surface area (Å²) in [5.74, 6) is -1.68. The molecule has 0 aromatic heterocycles. The Bertz CT molecular complexity index is 1040. The number of fused-ring (bicyclic) bond motifs is 7. The number of aliphatic hydroxyl groups is 2. The highest BCUT2D eigenvalue weighted by molar-refractivity contribution is 6.01. The molecule has 0 unspecified atom stereocenters. The van der Waals surface area contributed by atoms with Crippen LogP contribution in [0, 0.1) is 34.0 Å². The Kier molecular flexibility index (Phi) is 5.55. The second-order valence-electron chi connectivity index (χ2n) is 13.1. The molecule has 0 radical (unpaired) electrons. The largest absolute Gasteiger partial charge is 0.390 e. The van der Waals surface area contributed by atoms with Gasteiger partial charge in [-0.3, -0.25) is 14.5 Å². The molecule has 5 nitrogen and oxygen atoms in total. The Morgan fingerprint density at radius 2 is 1.89 bits per heavy atom. The highest BCUT2D eigenvalue weighted by atomic mass is 19.1. The van der Waals surface area contributed by atoms with Crippen LogP contribution in [0.2, 0.25) is 0 Å². The van der Waals surface area contributed by atoms with Crippen molar-refractivity contribution in [1.29, 1.82) is 0 Å². The maximum absolute atomic E-state index is 17.4. The third kappa shape index (κ3) is 2.86. The number of allylic oxidation sites excluding steroid dienone is 4. The Balaban J connectivity index is 1.42. The van der Waals surface area contributed by atoms with E-state index in [1.807, 2.05) is 6.92 Å². The Morgan fingerprint density at radius 1 is 1.17 bits per heavy atom. The molecule has 5 fully saturated rings. The molecule has 9 atom stereocenters. The average Bonchev–Trinajstić information content (AvgIpc) is 3.36. The van der Waals surface area contributed by atoms with E-state index in [2.05, 4.69) is 4.90 Å². The summed E-state index contributed by atoms with van der Waals surface area (Å²) in [6.45, 7) is 4.31. The predicted molar refractivity (Wildman–Crippen MR) is 130 cm³/mol. The number of aliphatic hydroxyl groups excluding tert-OH is 2. The highest BCUT2D eigenvalue weighted by Gasteiger charge is 2.78. The predicted octanol–water partition coefficient (Wildman–Crippen LogP) is 3.73. The van der Waals surface area contributed by atoms with E-state index in [-0.39, 0.29) is 41.8 Å². The van der Waals surface area contributed by atoms with Crippen LogP contribution in [0.5, 0.6) is 0 Å². The number of likely N-dealkylation sites (tertiary alicyclic amines) is 1. The van der Waals surface area contributed by atoms with Crippen LogP contribution in [-0.2, 0) is 9.59 Å². The van der Waals surface area contributed by atoms with Gasteiger partial charge in [-0.15, -0.1) is 0 Å². The topological polar surface area (TPSA) is 77.8 Å². The van der Waals surface area contributed by atoms with Gasteiger partial charge in [0, 0.05) is 30.5 Å². The Labute approximate surface area is 212 Å². The molecule has 36 heavy (non-hydrogen) atoms. The van der Waals surface area contributed by atoms with Crippen molar-refractivity contribution in [1.82, 2.24) is 4.90 Å². The van der Waals surface area contributed by atoms with Crippen molar-refractivity contribution in [2.24, 2.45) is 34.0 Å². The fourth-order valence-electron chi connectivity index (χ4n) is 10.2. The molecule has 2 N–H and O–H groups in total. The molecule has 4 saturated carbocycles. The lowest BCUT2D eigenvalue weighted by molar-refractivity contribution is -0.212. The van der Waals surface area contributed by atoms with Crippen LogP contribution in [0.15, 0.2) is 23.8 Å². The maximum atomic E-state index is 17.4. The van der Waals surface area contributed by atoms with Crippen LogP contribution in [-0.4, -0.2) is 70.4 Å². The minimum Gasteiger partial charge on any atom is -0.390 e. The van der Waals surface area contributed by atoms with E-state index in [4.69, 9.17) is 0 Å². The van der Waals surface area contributed by atoms with Gasteiger partial charge in [-0.25, -0.2) is 8.78 Å². The van der Waals surface area contributed by atoms with Crippen molar-refractivity contribution in [2.45, 2.75) is 89.2 Å². The molecule has 1 saturated heterocycles. The molecule has 0 amide bonds. The maximum Gasteiger partial charge on any atom is 0.178 e. The van der Waals surface area contributed by atoms with E-state index < -0.39 is 46.7 Å². The molecule has 0 aromatic carbocycles. The van der Waals surface area contributed by atoms with Crippen molar-refractivity contribution in [3.8, 4) is 0 Å². The third-order valence-corrected chi connectivity index (χ3v) is 11.9. The van der Waals surface area contributed by atoms with Gasteiger partial charge in [0.1, 0.15) is 12.8 Å². The first kappa shape index (κ1) is 24.9. The molecule has 6 rings (SSSR count). The van der Waals surface area contributed by atoms with E-state index >= 15 is 8.78 Å². The number of Topliss-reactive ketones (excluding diaryl/α,β-unsaturated/α-hetero) is 1. The number of carbonyl (C=O) groups excluding carboxylic acids is 2. The van der Waals surface area contributed by atoms with Crippen molar-refractivity contribution in [3.63, 3.8) is 0 Å². The summed E-state index contributed by atoms with van der Waals surface area (Å²) in [7, 11) is 0. The molecular weight excluding hydrogens is 464 g/mol. The van der Waals surface area contributed by atoms with Gasteiger partial charge in [-0.1, -0.05) is 32.3 Å². The van der Waals surface area contributed by atoms with Crippen molar-refractivity contribution >= 4 is 11.6 Å². The number of ketones is 2. The average molecular weight is 504 g/mol. The number of hydrogen-bond donors (Lipinski definition) is 2. The van der Waals surface area contributed by atoms with Crippen LogP contribution >= 0.6 is 0 Å². The zero-order valence-electron chi connectivity index (χ0n) is 21.4. The molecule has 0 bridgehead atoms. The van der Waals surface area contributed by atoms with Gasteiger partial charge in [-0.2, -0.15) is 0 Å². The molecule has 6 aliphatic rings. The molecule has 7 heteroatoms. The van der Waals surface area contributed by atoms with Gasteiger partial charge < -0.3 is 10.2 Å². The normalized spacial score (nSPS) is 50.8. The first-order valence-electron chi connectivity index (χ1n) is 13.9. The minimum atomic E-state index is -2.13. The van der Waals surface area contributed by atoms with Crippen LogP contribution in [0.3, 0.4) is 0 Å². The minimum absolute atomic E-state index is 0.0464. The first-order chi connectivity index (χ1) is 17.0. The quantitative estimate of drug-likeness (QED) is 0.614. The fourth-order valence-corrected chi connectivity index (χ4v) is 10.2. The first-order valence-corrected chi connectivity index (χ1v) is 13.9. The summed E-state index contributed by atoms with van der Waals surface area (Å²) in [5.41, 5.74) is -5.03. The lowest BCUT2D eigenvalue weighted by Crippen LogP contribution is -2.69. The molecular formula is C29H39F2NO4. The van der Waals surface area contributed by atoms with Crippen molar-refractivity contribution < 1.29 is 28.6 Å². The van der Waals surface area contributed by atoms with E-state index in [1.165, 1.54) is 37.5 Å². The third-order valence-electron chi connectivity index (χ3n) is 11.9. The van der Waals surface area contributed by atoms with Crippen LogP contribution in [0.1, 0.15) is 65.2 Å². The van der Waals surface area contributed by atoms with Crippen LogP contribution in [0.25, 0.3) is 0 Å². The van der Waals surface area contributed by atoms with E-state index in [0.29, 0.717) is 19.0 Å².